The van der Waals surface area contributed by atoms with Crippen molar-refractivity contribution in [3.05, 3.63) is 64.7 Å². The summed E-state index contributed by atoms with van der Waals surface area (Å²) in [6, 6.07) is 9.96. The fourth-order valence-electron chi connectivity index (χ4n) is 2.94. The Morgan fingerprint density at radius 3 is 2.38 bits per heavy atom. The molecule has 2 aromatic rings. The van der Waals surface area contributed by atoms with Gasteiger partial charge in [0.05, 0.1) is 25.1 Å². The van der Waals surface area contributed by atoms with Crippen molar-refractivity contribution in [2.75, 3.05) is 12.0 Å². The van der Waals surface area contributed by atoms with Gasteiger partial charge in [0, 0.05) is 11.3 Å². The molecule has 3 rings (SSSR count). The minimum absolute atomic E-state index is 0.0619. The molecule has 0 aliphatic carbocycles. The number of rotatable bonds is 3. The van der Waals surface area contributed by atoms with Crippen LogP contribution in [0.5, 0.6) is 0 Å². The van der Waals surface area contributed by atoms with Crippen molar-refractivity contribution in [3.63, 3.8) is 0 Å². The van der Waals surface area contributed by atoms with Crippen LogP contribution in [-0.4, -0.2) is 19.0 Å². The van der Waals surface area contributed by atoms with Gasteiger partial charge in [0.2, 0.25) is 0 Å². The summed E-state index contributed by atoms with van der Waals surface area (Å²) in [4.78, 5) is 25.5. The standard InChI is InChI=1S/C19H16F3NO3/c1-11(18(25)26-2)12-4-7-15(8-5-12)23-10-13-3-6-14(19(20,21)22)9-16(13)17(23)24/h3-9,11H,10H2,1-2H3. The first-order chi connectivity index (χ1) is 12.2. The van der Waals surface area contributed by atoms with Crippen LogP contribution in [0.4, 0.5) is 18.9 Å². The second-order valence-corrected chi connectivity index (χ2v) is 6.10. The molecule has 1 aliphatic heterocycles. The zero-order valence-electron chi connectivity index (χ0n) is 14.1. The van der Waals surface area contributed by atoms with Crippen LogP contribution >= 0.6 is 0 Å². The number of anilines is 1. The van der Waals surface area contributed by atoms with E-state index in [1.807, 2.05) is 0 Å². The van der Waals surface area contributed by atoms with Crippen LogP contribution in [0, 0.1) is 0 Å². The molecule has 0 N–H and O–H groups in total. The van der Waals surface area contributed by atoms with E-state index < -0.39 is 23.6 Å². The van der Waals surface area contributed by atoms with E-state index >= 15 is 0 Å². The highest BCUT2D eigenvalue weighted by Crippen LogP contribution is 2.35. The van der Waals surface area contributed by atoms with Crippen LogP contribution in [0.1, 0.15) is 39.9 Å². The third-order valence-corrected chi connectivity index (χ3v) is 4.50. The molecular formula is C19H16F3NO3. The van der Waals surface area contributed by atoms with Gasteiger partial charge in [-0.15, -0.1) is 0 Å². The number of methoxy groups -OCH3 is 1. The van der Waals surface area contributed by atoms with Gasteiger partial charge in [0.1, 0.15) is 0 Å². The van der Waals surface area contributed by atoms with Gasteiger partial charge in [-0.25, -0.2) is 0 Å². The second-order valence-electron chi connectivity index (χ2n) is 6.10. The third-order valence-electron chi connectivity index (χ3n) is 4.50. The molecule has 2 aromatic carbocycles. The molecule has 0 saturated heterocycles. The van der Waals surface area contributed by atoms with E-state index in [0.29, 0.717) is 11.3 Å². The van der Waals surface area contributed by atoms with Crippen LogP contribution in [-0.2, 0) is 22.3 Å². The van der Waals surface area contributed by atoms with Crippen LogP contribution < -0.4 is 4.90 Å². The summed E-state index contributed by atoms with van der Waals surface area (Å²) in [5.74, 6) is -1.29. The van der Waals surface area contributed by atoms with Crippen molar-refractivity contribution in [3.8, 4) is 0 Å². The molecular weight excluding hydrogens is 347 g/mol. The monoisotopic (exact) mass is 363 g/mol. The molecule has 1 amide bonds. The maximum absolute atomic E-state index is 12.9. The Bertz CT molecular complexity index is 859. The zero-order valence-corrected chi connectivity index (χ0v) is 14.1. The lowest BCUT2D eigenvalue weighted by Crippen LogP contribution is -2.23. The minimum Gasteiger partial charge on any atom is -0.469 e. The van der Waals surface area contributed by atoms with Crippen molar-refractivity contribution < 1.29 is 27.5 Å². The minimum atomic E-state index is -4.49. The summed E-state index contributed by atoms with van der Waals surface area (Å²) in [6.45, 7) is 1.91. The van der Waals surface area contributed by atoms with Crippen molar-refractivity contribution in [1.29, 1.82) is 0 Å². The first-order valence-corrected chi connectivity index (χ1v) is 7.92. The first-order valence-electron chi connectivity index (χ1n) is 7.92. The summed E-state index contributed by atoms with van der Waals surface area (Å²) >= 11 is 0. The Morgan fingerprint density at radius 2 is 1.81 bits per heavy atom. The zero-order chi connectivity index (χ0) is 19.1. The molecule has 26 heavy (non-hydrogen) atoms. The average molecular weight is 363 g/mol. The summed E-state index contributed by atoms with van der Waals surface area (Å²) in [6.07, 6.45) is -4.49. The van der Waals surface area contributed by atoms with Crippen LogP contribution in [0.25, 0.3) is 0 Å². The summed E-state index contributed by atoms with van der Waals surface area (Å²) in [5, 5.41) is 0. The molecule has 7 heteroatoms. The third kappa shape index (κ3) is 3.16. The number of hydrogen-bond acceptors (Lipinski definition) is 3. The second kappa shape index (κ2) is 6.48. The van der Waals surface area contributed by atoms with E-state index in [4.69, 9.17) is 4.74 Å². The Labute approximate surface area is 148 Å². The van der Waals surface area contributed by atoms with Crippen molar-refractivity contribution in [1.82, 2.24) is 0 Å². The number of ether oxygens (including phenoxy) is 1. The normalized spacial score (nSPS) is 15.0. The van der Waals surface area contributed by atoms with Gasteiger partial charge in [-0.2, -0.15) is 13.2 Å². The van der Waals surface area contributed by atoms with Crippen LogP contribution in [0.2, 0.25) is 0 Å². The Kier molecular flexibility index (Phi) is 4.48. The number of carbonyl (C=O) groups excluding carboxylic acids is 2. The molecule has 4 nitrogen and oxygen atoms in total. The molecule has 1 atom stereocenters. The highest BCUT2D eigenvalue weighted by atomic mass is 19.4. The maximum Gasteiger partial charge on any atom is 0.416 e. The maximum atomic E-state index is 12.9. The predicted octanol–water partition coefficient (Wildman–Crippen LogP) is 4.14. The van der Waals surface area contributed by atoms with Crippen molar-refractivity contribution in [2.45, 2.75) is 25.6 Å². The number of nitrogens with zero attached hydrogens (tertiary/aromatic N) is 1. The van der Waals surface area contributed by atoms with Gasteiger partial charge in [0.15, 0.2) is 0 Å². The highest BCUT2D eigenvalue weighted by molar-refractivity contribution is 6.10. The average Bonchev–Trinajstić information content (AvgIpc) is 2.96. The number of fused-ring (bicyclic) bond motifs is 1. The lowest BCUT2D eigenvalue weighted by Gasteiger charge is -2.17. The molecule has 0 saturated carbocycles. The Morgan fingerprint density at radius 1 is 1.15 bits per heavy atom. The number of amides is 1. The predicted molar refractivity (Wildman–Crippen MR) is 88.8 cm³/mol. The SMILES string of the molecule is COC(=O)C(C)c1ccc(N2Cc3ccc(C(F)(F)F)cc3C2=O)cc1. The van der Waals surface area contributed by atoms with E-state index in [9.17, 15) is 22.8 Å². The fourth-order valence-corrected chi connectivity index (χ4v) is 2.94. The highest BCUT2D eigenvalue weighted by Gasteiger charge is 2.35. The van der Waals surface area contributed by atoms with Gasteiger partial charge in [-0.05, 0) is 42.3 Å². The quantitative estimate of drug-likeness (QED) is 0.770. The van der Waals surface area contributed by atoms with Gasteiger partial charge >= 0.3 is 12.1 Å². The molecule has 0 fully saturated rings. The first kappa shape index (κ1) is 18.0. The van der Waals surface area contributed by atoms with Gasteiger partial charge in [-0.1, -0.05) is 18.2 Å². The smallest absolute Gasteiger partial charge is 0.416 e. The number of hydrogen-bond donors (Lipinski definition) is 0. The molecule has 136 valence electrons. The van der Waals surface area contributed by atoms with Crippen LogP contribution in [0.3, 0.4) is 0 Å². The van der Waals surface area contributed by atoms with Gasteiger partial charge in [-0.3, -0.25) is 9.59 Å². The van der Waals surface area contributed by atoms with Gasteiger partial charge < -0.3 is 9.64 Å². The number of benzene rings is 2. The van der Waals surface area contributed by atoms with E-state index in [0.717, 1.165) is 17.7 Å². The topological polar surface area (TPSA) is 46.6 Å². The molecule has 1 heterocycles. The van der Waals surface area contributed by atoms with E-state index in [2.05, 4.69) is 0 Å². The molecule has 0 spiro atoms. The molecule has 1 unspecified atom stereocenters. The molecule has 1 aliphatic rings. The number of alkyl halides is 3. The number of halogens is 3. The summed E-state index contributed by atoms with van der Waals surface area (Å²) < 4.78 is 43.3. The van der Waals surface area contributed by atoms with E-state index in [1.165, 1.54) is 18.1 Å². The fraction of sp³-hybridized carbons (Fsp3) is 0.263. The van der Waals surface area contributed by atoms with E-state index in [-0.39, 0.29) is 18.1 Å². The van der Waals surface area contributed by atoms with Gasteiger partial charge in [0.25, 0.3) is 5.91 Å². The van der Waals surface area contributed by atoms with Crippen molar-refractivity contribution in [2.24, 2.45) is 0 Å². The lowest BCUT2D eigenvalue weighted by atomic mass is 10.0. The largest absolute Gasteiger partial charge is 0.469 e. The number of esters is 1. The summed E-state index contributed by atoms with van der Waals surface area (Å²) in [5.41, 5.74) is 1.06. The van der Waals surface area contributed by atoms with Crippen LogP contribution in [0.15, 0.2) is 42.5 Å². The molecule has 0 bridgehead atoms. The Balaban J connectivity index is 1.85. The Hall–Kier alpha value is -2.83. The molecule has 0 aromatic heterocycles. The number of carbonyl (C=O) groups is 2. The lowest BCUT2D eigenvalue weighted by molar-refractivity contribution is -0.142. The van der Waals surface area contributed by atoms with Crippen molar-refractivity contribution >= 4 is 17.6 Å². The summed E-state index contributed by atoms with van der Waals surface area (Å²) in [7, 11) is 1.31. The van der Waals surface area contributed by atoms with E-state index in [1.54, 1.807) is 31.2 Å². The molecule has 0 radical (unpaired) electrons.